The van der Waals surface area contributed by atoms with Crippen LogP contribution in [0.2, 0.25) is 0 Å². The van der Waals surface area contributed by atoms with E-state index in [4.69, 9.17) is 4.98 Å². The van der Waals surface area contributed by atoms with Gasteiger partial charge in [-0.3, -0.25) is 4.98 Å². The molecule has 0 bridgehead atoms. The van der Waals surface area contributed by atoms with Gasteiger partial charge in [0.15, 0.2) is 5.82 Å². The van der Waals surface area contributed by atoms with Gasteiger partial charge in [-0.15, -0.1) is 0 Å². The molecule has 138 valence electrons. The van der Waals surface area contributed by atoms with Crippen LogP contribution in [0.1, 0.15) is 43.4 Å². The molecule has 2 atom stereocenters. The molecule has 1 saturated heterocycles. The highest BCUT2D eigenvalue weighted by molar-refractivity contribution is 5.58. The predicted molar refractivity (Wildman–Crippen MR) is 110 cm³/mol. The van der Waals surface area contributed by atoms with Crippen molar-refractivity contribution < 1.29 is 0 Å². The van der Waals surface area contributed by atoms with Gasteiger partial charge < -0.3 is 4.90 Å². The average Bonchev–Trinajstić information content (AvgIpc) is 3.19. The summed E-state index contributed by atoms with van der Waals surface area (Å²) in [5.41, 5.74) is 3.45. The van der Waals surface area contributed by atoms with E-state index in [2.05, 4.69) is 65.1 Å². The van der Waals surface area contributed by atoms with Crippen LogP contribution in [0.15, 0.2) is 60.9 Å². The van der Waals surface area contributed by atoms with E-state index >= 15 is 0 Å². The summed E-state index contributed by atoms with van der Waals surface area (Å²) < 4.78 is 0. The Kier molecular flexibility index (Phi) is 5.14. The molecule has 4 rings (SSSR count). The molecule has 1 aliphatic rings. The first-order valence-electron chi connectivity index (χ1n) is 9.84. The minimum absolute atomic E-state index is 0.483. The maximum absolute atomic E-state index is 4.93. The van der Waals surface area contributed by atoms with Gasteiger partial charge in [0.25, 0.3) is 0 Å². The molecule has 0 unspecified atom stereocenters. The van der Waals surface area contributed by atoms with Crippen molar-refractivity contribution in [3.05, 3.63) is 72.2 Å². The van der Waals surface area contributed by atoms with E-state index in [0.29, 0.717) is 12.0 Å². The Morgan fingerprint density at radius 3 is 2.59 bits per heavy atom. The molecule has 0 N–H and O–H groups in total. The Morgan fingerprint density at radius 2 is 1.85 bits per heavy atom. The van der Waals surface area contributed by atoms with E-state index < -0.39 is 0 Å². The summed E-state index contributed by atoms with van der Waals surface area (Å²) in [4.78, 5) is 16.2. The highest BCUT2D eigenvalue weighted by atomic mass is 15.2. The van der Waals surface area contributed by atoms with Crippen LogP contribution in [0.3, 0.4) is 0 Å². The zero-order chi connectivity index (χ0) is 18.6. The molecule has 2 aromatic heterocycles. The quantitative estimate of drug-likeness (QED) is 0.643. The Balaban J connectivity index is 1.69. The molecule has 0 spiro atoms. The summed E-state index contributed by atoms with van der Waals surface area (Å²) in [6, 6.07) is 17.5. The standard InChI is InChI=1S/C23H26N4/c1-3-20(18-8-5-4-6-9-18)21-10-7-15-27(21)22-16-17(2)25-23(26-22)19-11-13-24-14-12-19/h4-6,8-9,11-14,16,20-21H,3,7,10,15H2,1-2H3/t20-,21+/m1/s1. The molecule has 0 amide bonds. The molecule has 0 aliphatic carbocycles. The van der Waals surface area contributed by atoms with E-state index in [1.807, 2.05) is 12.1 Å². The van der Waals surface area contributed by atoms with Gasteiger partial charge in [0.1, 0.15) is 5.82 Å². The third-order valence-electron chi connectivity index (χ3n) is 5.50. The number of benzene rings is 1. The van der Waals surface area contributed by atoms with Crippen LogP contribution in [-0.4, -0.2) is 27.5 Å². The average molecular weight is 358 g/mol. The number of rotatable bonds is 5. The van der Waals surface area contributed by atoms with Crippen LogP contribution in [0.5, 0.6) is 0 Å². The van der Waals surface area contributed by atoms with Crippen LogP contribution in [0.25, 0.3) is 11.4 Å². The second-order valence-corrected chi connectivity index (χ2v) is 7.26. The molecule has 0 radical (unpaired) electrons. The van der Waals surface area contributed by atoms with Crippen LogP contribution in [0.4, 0.5) is 5.82 Å². The maximum atomic E-state index is 4.93. The van der Waals surface area contributed by atoms with Crippen molar-refractivity contribution in [2.75, 3.05) is 11.4 Å². The molecule has 3 aromatic rings. The molecular formula is C23H26N4. The van der Waals surface area contributed by atoms with Gasteiger partial charge in [-0.25, -0.2) is 9.97 Å². The highest BCUT2D eigenvalue weighted by Gasteiger charge is 2.32. The van der Waals surface area contributed by atoms with Gasteiger partial charge in [0.2, 0.25) is 0 Å². The van der Waals surface area contributed by atoms with E-state index in [-0.39, 0.29) is 0 Å². The number of aromatic nitrogens is 3. The van der Waals surface area contributed by atoms with Crippen molar-refractivity contribution in [3.8, 4) is 11.4 Å². The Hall–Kier alpha value is -2.75. The molecule has 4 heteroatoms. The van der Waals surface area contributed by atoms with Crippen LogP contribution >= 0.6 is 0 Å². The van der Waals surface area contributed by atoms with Crippen LogP contribution in [-0.2, 0) is 0 Å². The summed E-state index contributed by atoms with van der Waals surface area (Å²) in [5, 5.41) is 0. The normalized spacial score (nSPS) is 17.9. The van der Waals surface area contributed by atoms with Gasteiger partial charge in [-0.2, -0.15) is 0 Å². The third-order valence-corrected chi connectivity index (χ3v) is 5.50. The summed E-state index contributed by atoms with van der Waals surface area (Å²) in [7, 11) is 0. The van der Waals surface area contributed by atoms with Crippen LogP contribution < -0.4 is 4.90 Å². The van der Waals surface area contributed by atoms with Gasteiger partial charge in [0.05, 0.1) is 0 Å². The van der Waals surface area contributed by atoms with E-state index in [0.717, 1.165) is 35.9 Å². The number of anilines is 1. The van der Waals surface area contributed by atoms with Crippen molar-refractivity contribution >= 4 is 5.82 Å². The predicted octanol–water partition coefficient (Wildman–Crippen LogP) is 5.01. The van der Waals surface area contributed by atoms with Gasteiger partial charge in [0, 0.05) is 48.2 Å². The van der Waals surface area contributed by atoms with Crippen molar-refractivity contribution in [3.63, 3.8) is 0 Å². The molecule has 1 aliphatic heterocycles. The minimum Gasteiger partial charge on any atom is -0.353 e. The molecule has 3 heterocycles. The summed E-state index contributed by atoms with van der Waals surface area (Å²) in [5.74, 6) is 2.35. The monoisotopic (exact) mass is 358 g/mol. The third kappa shape index (κ3) is 3.70. The Bertz CT molecular complexity index is 879. The molecule has 27 heavy (non-hydrogen) atoms. The first-order valence-corrected chi connectivity index (χ1v) is 9.84. The fourth-order valence-electron chi connectivity index (χ4n) is 4.25. The van der Waals surface area contributed by atoms with Gasteiger partial charge in [-0.1, -0.05) is 37.3 Å². The lowest BCUT2D eigenvalue weighted by Crippen LogP contribution is -2.35. The van der Waals surface area contributed by atoms with Crippen molar-refractivity contribution in [1.82, 2.24) is 15.0 Å². The number of aryl methyl sites for hydroxylation is 1. The lowest BCUT2D eigenvalue weighted by molar-refractivity contribution is 0.513. The SMILES string of the molecule is CC[C@H](c1ccccc1)[C@@H]1CCCN1c1cc(C)nc(-c2ccncc2)n1. The van der Waals surface area contributed by atoms with Gasteiger partial charge in [-0.05, 0) is 43.9 Å². The Labute approximate surface area is 161 Å². The fourth-order valence-corrected chi connectivity index (χ4v) is 4.25. The second kappa shape index (κ2) is 7.87. The summed E-state index contributed by atoms with van der Waals surface area (Å²) in [6.45, 7) is 5.40. The zero-order valence-corrected chi connectivity index (χ0v) is 16.0. The largest absolute Gasteiger partial charge is 0.353 e. The zero-order valence-electron chi connectivity index (χ0n) is 16.0. The smallest absolute Gasteiger partial charge is 0.161 e. The van der Waals surface area contributed by atoms with Crippen molar-refractivity contribution in [2.24, 2.45) is 0 Å². The maximum Gasteiger partial charge on any atom is 0.161 e. The van der Waals surface area contributed by atoms with E-state index in [1.54, 1.807) is 12.4 Å². The fraction of sp³-hybridized carbons (Fsp3) is 0.348. The number of pyridine rings is 1. The second-order valence-electron chi connectivity index (χ2n) is 7.26. The lowest BCUT2D eigenvalue weighted by atomic mass is 9.87. The van der Waals surface area contributed by atoms with Crippen molar-refractivity contribution in [2.45, 2.75) is 45.1 Å². The summed E-state index contributed by atoms with van der Waals surface area (Å²) in [6.07, 6.45) is 7.14. The first-order chi connectivity index (χ1) is 13.3. The minimum atomic E-state index is 0.483. The van der Waals surface area contributed by atoms with E-state index in [9.17, 15) is 0 Å². The molecule has 1 fully saturated rings. The molecule has 1 aromatic carbocycles. The first kappa shape index (κ1) is 17.7. The number of nitrogens with zero attached hydrogens (tertiary/aromatic N) is 4. The number of hydrogen-bond donors (Lipinski definition) is 0. The topological polar surface area (TPSA) is 41.9 Å². The molecule has 4 nitrogen and oxygen atoms in total. The molecule has 0 saturated carbocycles. The molecular weight excluding hydrogens is 332 g/mol. The van der Waals surface area contributed by atoms with Gasteiger partial charge >= 0.3 is 0 Å². The van der Waals surface area contributed by atoms with Crippen molar-refractivity contribution in [1.29, 1.82) is 0 Å². The highest BCUT2D eigenvalue weighted by Crippen LogP contribution is 2.36. The van der Waals surface area contributed by atoms with E-state index in [1.165, 1.54) is 18.4 Å². The number of hydrogen-bond acceptors (Lipinski definition) is 4. The van der Waals surface area contributed by atoms with Crippen LogP contribution in [0, 0.1) is 6.92 Å². The lowest BCUT2D eigenvalue weighted by Gasteiger charge is -2.32. The summed E-state index contributed by atoms with van der Waals surface area (Å²) >= 11 is 0. The Morgan fingerprint density at radius 1 is 1.07 bits per heavy atom.